The maximum atomic E-state index is 12.6. The van der Waals surface area contributed by atoms with Gasteiger partial charge in [0.2, 0.25) is 5.88 Å². The summed E-state index contributed by atoms with van der Waals surface area (Å²) in [5, 5.41) is 4.39. The molecule has 4 rings (SSSR count). The molecule has 6 heteroatoms. The summed E-state index contributed by atoms with van der Waals surface area (Å²) < 4.78 is 5.63. The largest absolute Gasteiger partial charge is 0.477 e. The van der Waals surface area contributed by atoms with E-state index in [4.69, 9.17) is 16.3 Å². The number of hydrogen-bond acceptors (Lipinski definition) is 4. The SMILES string of the molecule is Cc1nc2ccc(Cl)cc2cc1C(=O)NCc1ccc(OCC2CC2)nc1. The van der Waals surface area contributed by atoms with Crippen LogP contribution in [0, 0.1) is 12.8 Å². The quantitative estimate of drug-likeness (QED) is 0.691. The van der Waals surface area contributed by atoms with Gasteiger partial charge in [0.15, 0.2) is 0 Å². The molecule has 1 saturated carbocycles. The Bertz CT molecular complexity index is 985. The van der Waals surface area contributed by atoms with Crippen molar-refractivity contribution in [3.8, 4) is 5.88 Å². The molecule has 1 N–H and O–H groups in total. The Hall–Kier alpha value is -2.66. The number of nitrogens with one attached hydrogen (secondary N) is 1. The number of halogens is 1. The fraction of sp³-hybridized carbons (Fsp3) is 0.286. The van der Waals surface area contributed by atoms with Gasteiger partial charge in [0.25, 0.3) is 5.91 Å². The molecule has 138 valence electrons. The number of ether oxygens (including phenoxy) is 1. The maximum absolute atomic E-state index is 12.6. The van der Waals surface area contributed by atoms with Gasteiger partial charge in [-0.25, -0.2) is 4.98 Å². The molecule has 3 aromatic rings. The summed E-state index contributed by atoms with van der Waals surface area (Å²) in [5.41, 5.74) is 2.96. The van der Waals surface area contributed by atoms with Gasteiger partial charge in [-0.1, -0.05) is 17.7 Å². The lowest BCUT2D eigenvalue weighted by Crippen LogP contribution is -2.24. The first-order chi connectivity index (χ1) is 13.1. The van der Waals surface area contributed by atoms with Crippen LogP contribution in [-0.2, 0) is 6.54 Å². The zero-order valence-electron chi connectivity index (χ0n) is 15.0. The van der Waals surface area contributed by atoms with Crippen molar-refractivity contribution in [2.75, 3.05) is 6.61 Å². The second-order valence-corrected chi connectivity index (χ2v) is 7.34. The van der Waals surface area contributed by atoms with Crippen molar-refractivity contribution in [2.24, 2.45) is 5.92 Å². The van der Waals surface area contributed by atoms with E-state index in [2.05, 4.69) is 15.3 Å². The normalized spacial score (nSPS) is 13.6. The van der Waals surface area contributed by atoms with E-state index in [-0.39, 0.29) is 5.91 Å². The highest BCUT2D eigenvalue weighted by molar-refractivity contribution is 6.31. The lowest BCUT2D eigenvalue weighted by Gasteiger charge is -2.10. The highest BCUT2D eigenvalue weighted by Crippen LogP contribution is 2.29. The van der Waals surface area contributed by atoms with Gasteiger partial charge in [-0.15, -0.1) is 0 Å². The Morgan fingerprint density at radius 2 is 2.11 bits per heavy atom. The molecule has 0 unspecified atom stereocenters. The van der Waals surface area contributed by atoms with Crippen LogP contribution in [0.1, 0.15) is 34.5 Å². The van der Waals surface area contributed by atoms with Crippen molar-refractivity contribution in [3.63, 3.8) is 0 Å². The fourth-order valence-electron chi connectivity index (χ4n) is 2.84. The maximum Gasteiger partial charge on any atom is 0.253 e. The third-order valence-electron chi connectivity index (χ3n) is 4.63. The molecular weight excluding hydrogens is 362 g/mol. The van der Waals surface area contributed by atoms with Gasteiger partial charge in [-0.3, -0.25) is 9.78 Å². The van der Waals surface area contributed by atoms with E-state index >= 15 is 0 Å². The van der Waals surface area contributed by atoms with Crippen LogP contribution in [0.15, 0.2) is 42.6 Å². The predicted octanol–water partition coefficient (Wildman–Crippen LogP) is 4.31. The van der Waals surface area contributed by atoms with Gasteiger partial charge < -0.3 is 10.1 Å². The minimum atomic E-state index is -0.170. The number of nitrogens with zero attached hydrogens (tertiary/aromatic N) is 2. The Kier molecular flexibility index (Phi) is 4.94. The molecule has 0 saturated heterocycles. The smallest absolute Gasteiger partial charge is 0.253 e. The average molecular weight is 382 g/mol. The summed E-state index contributed by atoms with van der Waals surface area (Å²) in [6, 6.07) is 11.0. The monoisotopic (exact) mass is 381 g/mol. The number of fused-ring (bicyclic) bond motifs is 1. The number of aromatic nitrogens is 2. The third kappa shape index (κ3) is 4.37. The first kappa shape index (κ1) is 17.7. The van der Waals surface area contributed by atoms with E-state index in [1.54, 1.807) is 12.3 Å². The Labute approximate surface area is 162 Å². The summed E-state index contributed by atoms with van der Waals surface area (Å²) in [6.07, 6.45) is 4.23. The molecule has 2 heterocycles. The molecule has 1 aliphatic carbocycles. The third-order valence-corrected chi connectivity index (χ3v) is 4.86. The van der Waals surface area contributed by atoms with Crippen molar-refractivity contribution in [3.05, 3.63) is 64.4 Å². The molecule has 1 amide bonds. The van der Waals surface area contributed by atoms with Crippen LogP contribution in [0.2, 0.25) is 5.02 Å². The molecule has 1 aromatic carbocycles. The van der Waals surface area contributed by atoms with Gasteiger partial charge in [0.05, 0.1) is 23.4 Å². The zero-order valence-corrected chi connectivity index (χ0v) is 15.8. The van der Waals surface area contributed by atoms with Crippen molar-refractivity contribution in [1.29, 1.82) is 0 Å². The van der Waals surface area contributed by atoms with Gasteiger partial charge in [-0.05, 0) is 55.5 Å². The molecule has 0 aliphatic heterocycles. The molecule has 2 aromatic heterocycles. The van der Waals surface area contributed by atoms with Crippen LogP contribution in [-0.4, -0.2) is 22.5 Å². The average Bonchev–Trinajstić information content (AvgIpc) is 3.49. The van der Waals surface area contributed by atoms with E-state index in [0.29, 0.717) is 34.6 Å². The number of carbonyl (C=O) groups excluding carboxylic acids is 1. The van der Waals surface area contributed by atoms with Crippen molar-refractivity contribution < 1.29 is 9.53 Å². The van der Waals surface area contributed by atoms with E-state index in [9.17, 15) is 4.79 Å². The lowest BCUT2D eigenvalue weighted by atomic mass is 10.1. The summed E-state index contributed by atoms with van der Waals surface area (Å²) in [4.78, 5) is 21.4. The van der Waals surface area contributed by atoms with E-state index in [1.165, 1.54) is 12.8 Å². The molecule has 5 nitrogen and oxygen atoms in total. The Morgan fingerprint density at radius 1 is 1.26 bits per heavy atom. The van der Waals surface area contributed by atoms with Crippen LogP contribution < -0.4 is 10.1 Å². The van der Waals surface area contributed by atoms with Crippen LogP contribution in [0.3, 0.4) is 0 Å². The van der Waals surface area contributed by atoms with E-state index < -0.39 is 0 Å². The highest BCUT2D eigenvalue weighted by atomic mass is 35.5. The van der Waals surface area contributed by atoms with Crippen LogP contribution in [0.5, 0.6) is 5.88 Å². The zero-order chi connectivity index (χ0) is 18.8. The molecular formula is C21H20ClN3O2. The second kappa shape index (κ2) is 7.53. The molecule has 27 heavy (non-hydrogen) atoms. The van der Waals surface area contributed by atoms with Crippen LogP contribution in [0.25, 0.3) is 10.9 Å². The van der Waals surface area contributed by atoms with Gasteiger partial charge in [-0.2, -0.15) is 0 Å². The lowest BCUT2D eigenvalue weighted by molar-refractivity contribution is 0.0950. The summed E-state index contributed by atoms with van der Waals surface area (Å²) in [7, 11) is 0. The van der Waals surface area contributed by atoms with Crippen molar-refractivity contribution in [2.45, 2.75) is 26.3 Å². The van der Waals surface area contributed by atoms with Crippen molar-refractivity contribution >= 4 is 28.4 Å². The fourth-order valence-corrected chi connectivity index (χ4v) is 3.02. The highest BCUT2D eigenvalue weighted by Gasteiger charge is 2.22. The summed E-state index contributed by atoms with van der Waals surface area (Å²) >= 11 is 6.04. The standard InChI is InChI=1S/C21H20ClN3O2/c1-13-18(9-16-8-17(22)5-6-19(16)25-13)21(26)24-11-15-4-7-20(23-10-15)27-12-14-2-3-14/h4-10,14H,2-3,11-12H2,1H3,(H,24,26). The molecule has 0 bridgehead atoms. The summed E-state index contributed by atoms with van der Waals surface area (Å²) in [6.45, 7) is 2.96. The van der Waals surface area contributed by atoms with Gasteiger partial charge in [0, 0.05) is 29.2 Å². The van der Waals surface area contributed by atoms with Gasteiger partial charge in [0.1, 0.15) is 0 Å². The molecule has 0 atom stereocenters. The van der Waals surface area contributed by atoms with Crippen LogP contribution in [0.4, 0.5) is 0 Å². The predicted molar refractivity (Wildman–Crippen MR) is 105 cm³/mol. The van der Waals surface area contributed by atoms with Gasteiger partial charge >= 0.3 is 0 Å². The second-order valence-electron chi connectivity index (χ2n) is 6.90. The number of hydrogen-bond donors (Lipinski definition) is 1. The van der Waals surface area contributed by atoms with Crippen LogP contribution >= 0.6 is 11.6 Å². The Morgan fingerprint density at radius 3 is 2.85 bits per heavy atom. The van der Waals surface area contributed by atoms with Crippen molar-refractivity contribution in [1.82, 2.24) is 15.3 Å². The topological polar surface area (TPSA) is 64.1 Å². The molecule has 0 radical (unpaired) electrons. The summed E-state index contributed by atoms with van der Waals surface area (Å²) in [5.74, 6) is 1.15. The van der Waals surface area contributed by atoms with E-state index in [1.807, 2.05) is 37.3 Å². The number of aryl methyl sites for hydroxylation is 1. The minimum absolute atomic E-state index is 0.170. The minimum Gasteiger partial charge on any atom is -0.477 e. The molecule has 1 fully saturated rings. The van der Waals surface area contributed by atoms with E-state index in [0.717, 1.165) is 23.1 Å². The Balaban J connectivity index is 1.41. The number of amides is 1. The first-order valence-electron chi connectivity index (χ1n) is 9.01. The molecule has 0 spiro atoms. The molecule has 1 aliphatic rings. The number of pyridine rings is 2. The number of benzene rings is 1. The number of carbonyl (C=O) groups is 1. The number of rotatable bonds is 6. The first-order valence-corrected chi connectivity index (χ1v) is 9.39.